The summed E-state index contributed by atoms with van der Waals surface area (Å²) in [5.74, 6) is 0.0127. The highest BCUT2D eigenvalue weighted by molar-refractivity contribution is 9.10. The Hall–Kier alpha value is -0.460. The molecule has 100 valence electrons. The van der Waals surface area contributed by atoms with Crippen molar-refractivity contribution >= 4 is 25.8 Å². The lowest BCUT2D eigenvalue weighted by atomic mass is 10.2. The lowest BCUT2D eigenvalue weighted by molar-refractivity contribution is 0.573. The molecule has 18 heavy (non-hydrogen) atoms. The fourth-order valence-electron chi connectivity index (χ4n) is 2.11. The number of nitrogens with one attached hydrogen (secondary N) is 1. The molecule has 1 atom stereocenters. The summed E-state index contributed by atoms with van der Waals surface area (Å²) < 4.78 is 36.7. The van der Waals surface area contributed by atoms with Crippen molar-refractivity contribution in [3.05, 3.63) is 34.1 Å². The fraction of sp³-hybridized carbons (Fsp3) is 0.500. The summed E-state index contributed by atoms with van der Waals surface area (Å²) in [7, 11) is -2.89. The molecule has 1 aromatic carbocycles. The number of benzene rings is 1. The van der Waals surface area contributed by atoms with E-state index in [1.54, 1.807) is 12.1 Å². The zero-order valence-corrected chi connectivity index (χ0v) is 12.2. The number of rotatable bonds is 4. The highest BCUT2D eigenvalue weighted by Crippen LogP contribution is 2.20. The molecule has 0 amide bonds. The van der Waals surface area contributed by atoms with Gasteiger partial charge in [0.05, 0.1) is 15.5 Å². The largest absolute Gasteiger partial charge is 0.311 e. The van der Waals surface area contributed by atoms with Crippen LogP contribution in [0, 0.1) is 5.82 Å². The van der Waals surface area contributed by atoms with Gasteiger partial charge in [0, 0.05) is 13.1 Å². The molecule has 1 aromatic rings. The first kappa shape index (κ1) is 14.0. The molecule has 1 N–H and O–H groups in total. The minimum absolute atomic E-state index is 0.263. The molecule has 1 unspecified atom stereocenters. The molecule has 0 aliphatic carbocycles. The van der Waals surface area contributed by atoms with Crippen LogP contribution in [0.3, 0.4) is 0 Å². The van der Waals surface area contributed by atoms with Crippen molar-refractivity contribution in [2.45, 2.75) is 24.6 Å². The summed E-state index contributed by atoms with van der Waals surface area (Å²) in [5.41, 5.74) is 0.929. The van der Waals surface area contributed by atoms with Gasteiger partial charge >= 0.3 is 0 Å². The molecule has 1 fully saturated rings. The van der Waals surface area contributed by atoms with Crippen LogP contribution >= 0.6 is 15.9 Å². The molecule has 2 rings (SSSR count). The van der Waals surface area contributed by atoms with Gasteiger partial charge in [-0.25, -0.2) is 12.8 Å². The molecule has 0 saturated carbocycles. The van der Waals surface area contributed by atoms with Gasteiger partial charge in [0.15, 0.2) is 9.84 Å². The molecule has 0 bridgehead atoms. The van der Waals surface area contributed by atoms with Gasteiger partial charge in [-0.1, -0.05) is 6.07 Å². The summed E-state index contributed by atoms with van der Waals surface area (Å²) >= 11 is 3.12. The maximum Gasteiger partial charge on any atom is 0.154 e. The van der Waals surface area contributed by atoms with Crippen LogP contribution < -0.4 is 5.32 Å². The average molecular weight is 336 g/mol. The van der Waals surface area contributed by atoms with Crippen molar-refractivity contribution in [2.24, 2.45) is 0 Å². The highest BCUT2D eigenvalue weighted by Gasteiger charge is 2.30. The Kier molecular flexibility index (Phi) is 4.40. The van der Waals surface area contributed by atoms with Gasteiger partial charge in [-0.2, -0.15) is 0 Å². The van der Waals surface area contributed by atoms with Crippen molar-refractivity contribution in [1.29, 1.82) is 0 Å². The third-order valence-electron chi connectivity index (χ3n) is 3.15. The van der Waals surface area contributed by atoms with Crippen molar-refractivity contribution in [1.82, 2.24) is 5.32 Å². The van der Waals surface area contributed by atoms with Gasteiger partial charge in [-0.15, -0.1) is 0 Å². The SMILES string of the molecule is O=S1(=O)CCCC1CNCc1ccc(F)c(Br)c1. The van der Waals surface area contributed by atoms with Crippen LogP contribution in [-0.4, -0.2) is 26.0 Å². The van der Waals surface area contributed by atoms with Crippen LogP contribution in [0.25, 0.3) is 0 Å². The monoisotopic (exact) mass is 335 g/mol. The molecule has 3 nitrogen and oxygen atoms in total. The minimum Gasteiger partial charge on any atom is -0.311 e. The highest BCUT2D eigenvalue weighted by atomic mass is 79.9. The lowest BCUT2D eigenvalue weighted by Crippen LogP contribution is -2.30. The van der Waals surface area contributed by atoms with Crippen LogP contribution in [0.1, 0.15) is 18.4 Å². The van der Waals surface area contributed by atoms with Gasteiger partial charge in [0.2, 0.25) is 0 Å². The molecular formula is C12H15BrFNO2S. The van der Waals surface area contributed by atoms with E-state index in [1.165, 1.54) is 6.07 Å². The summed E-state index contributed by atoms with van der Waals surface area (Å²) in [6.07, 6.45) is 1.50. The normalized spacial score (nSPS) is 22.2. The molecule has 0 radical (unpaired) electrons. The Morgan fingerprint density at radius 2 is 2.22 bits per heavy atom. The Labute approximate surface area is 115 Å². The van der Waals surface area contributed by atoms with E-state index in [2.05, 4.69) is 21.2 Å². The van der Waals surface area contributed by atoms with Crippen LogP contribution in [0.15, 0.2) is 22.7 Å². The number of hydrogen-bond donors (Lipinski definition) is 1. The van der Waals surface area contributed by atoms with E-state index in [0.717, 1.165) is 18.4 Å². The van der Waals surface area contributed by atoms with Crippen molar-refractivity contribution in [3.8, 4) is 0 Å². The fourth-order valence-corrected chi connectivity index (χ4v) is 4.34. The number of hydrogen-bond acceptors (Lipinski definition) is 3. The summed E-state index contributed by atoms with van der Waals surface area (Å²) in [6.45, 7) is 1.02. The van der Waals surface area contributed by atoms with E-state index in [-0.39, 0.29) is 11.1 Å². The third-order valence-corrected chi connectivity index (χ3v) is 6.03. The molecule has 6 heteroatoms. The van der Waals surface area contributed by atoms with E-state index in [1.807, 2.05) is 0 Å². The summed E-state index contributed by atoms with van der Waals surface area (Å²) in [5, 5.41) is 2.86. The van der Waals surface area contributed by atoms with Gasteiger partial charge in [-0.3, -0.25) is 0 Å². The van der Waals surface area contributed by atoms with Gasteiger partial charge in [-0.05, 0) is 46.5 Å². The van der Waals surface area contributed by atoms with Crippen molar-refractivity contribution in [2.75, 3.05) is 12.3 Å². The molecule has 0 spiro atoms. The van der Waals surface area contributed by atoms with Gasteiger partial charge in [0.1, 0.15) is 5.82 Å². The van der Waals surface area contributed by atoms with Crippen molar-refractivity contribution in [3.63, 3.8) is 0 Å². The molecule has 0 aromatic heterocycles. The molecule has 1 aliphatic rings. The predicted octanol–water partition coefficient (Wildman–Crippen LogP) is 2.25. The van der Waals surface area contributed by atoms with Crippen LogP contribution in [-0.2, 0) is 16.4 Å². The zero-order valence-electron chi connectivity index (χ0n) is 9.83. The number of sulfone groups is 1. The van der Waals surface area contributed by atoms with E-state index in [4.69, 9.17) is 0 Å². The number of halogens is 2. The van der Waals surface area contributed by atoms with Crippen LogP contribution in [0.4, 0.5) is 4.39 Å². The minimum atomic E-state index is -2.89. The van der Waals surface area contributed by atoms with E-state index in [0.29, 0.717) is 23.3 Å². The maximum absolute atomic E-state index is 13.0. The Balaban J connectivity index is 1.87. The van der Waals surface area contributed by atoms with Gasteiger partial charge < -0.3 is 5.32 Å². The second-order valence-corrected chi connectivity index (χ2v) is 7.77. The summed E-state index contributed by atoms with van der Waals surface area (Å²) in [4.78, 5) is 0. The molecular weight excluding hydrogens is 321 g/mol. The second-order valence-electron chi connectivity index (χ2n) is 4.51. The quantitative estimate of drug-likeness (QED) is 0.917. The molecule has 1 heterocycles. The first-order valence-corrected chi connectivity index (χ1v) is 8.36. The second kappa shape index (κ2) is 5.67. The van der Waals surface area contributed by atoms with E-state index >= 15 is 0 Å². The maximum atomic E-state index is 13.0. The van der Waals surface area contributed by atoms with Crippen LogP contribution in [0.2, 0.25) is 0 Å². The first-order chi connectivity index (χ1) is 8.49. The first-order valence-electron chi connectivity index (χ1n) is 5.85. The standard InChI is InChI=1S/C12H15BrFNO2S/c13-11-6-9(3-4-12(11)14)7-15-8-10-2-1-5-18(10,16)17/h3-4,6,10,15H,1-2,5,7-8H2. The third kappa shape index (κ3) is 3.30. The van der Waals surface area contributed by atoms with Crippen molar-refractivity contribution < 1.29 is 12.8 Å². The smallest absolute Gasteiger partial charge is 0.154 e. The molecule has 1 aliphatic heterocycles. The van der Waals surface area contributed by atoms with Crippen LogP contribution in [0.5, 0.6) is 0 Å². The summed E-state index contributed by atoms with van der Waals surface area (Å²) in [6, 6.07) is 4.79. The zero-order chi connectivity index (χ0) is 13.2. The predicted molar refractivity (Wildman–Crippen MR) is 72.6 cm³/mol. The Morgan fingerprint density at radius 1 is 1.44 bits per heavy atom. The van der Waals surface area contributed by atoms with Gasteiger partial charge in [0.25, 0.3) is 0 Å². The Morgan fingerprint density at radius 3 is 2.83 bits per heavy atom. The molecule has 1 saturated heterocycles. The van der Waals surface area contributed by atoms with E-state index < -0.39 is 9.84 Å². The average Bonchev–Trinajstić information content (AvgIpc) is 2.63. The topological polar surface area (TPSA) is 46.2 Å². The van der Waals surface area contributed by atoms with E-state index in [9.17, 15) is 12.8 Å². The Bertz CT molecular complexity index is 533. The lowest BCUT2D eigenvalue weighted by Gasteiger charge is -2.11.